The van der Waals surface area contributed by atoms with Gasteiger partial charge in [-0.2, -0.15) is 0 Å². The maximum absolute atomic E-state index is 12.0. The van der Waals surface area contributed by atoms with Crippen LogP contribution in [-0.4, -0.2) is 36.1 Å². The van der Waals surface area contributed by atoms with E-state index in [9.17, 15) is 14.4 Å². The van der Waals surface area contributed by atoms with Gasteiger partial charge in [-0.3, -0.25) is 9.59 Å². The van der Waals surface area contributed by atoms with Crippen molar-refractivity contribution in [3.05, 3.63) is 0 Å². The lowest BCUT2D eigenvalue weighted by atomic mass is 9.92. The molecule has 0 aliphatic carbocycles. The zero-order chi connectivity index (χ0) is 17.3. The summed E-state index contributed by atoms with van der Waals surface area (Å²) in [5, 5.41) is 2.65. The predicted molar refractivity (Wildman–Crippen MR) is 83.5 cm³/mol. The van der Waals surface area contributed by atoms with Gasteiger partial charge in [0.05, 0.1) is 12.6 Å². The Morgan fingerprint density at radius 3 is 2.14 bits per heavy atom. The van der Waals surface area contributed by atoms with E-state index in [2.05, 4.69) is 5.32 Å². The molecule has 0 heterocycles. The molecule has 0 aromatic carbocycles. The summed E-state index contributed by atoms with van der Waals surface area (Å²) < 4.78 is 10.2. The van der Waals surface area contributed by atoms with E-state index >= 15 is 0 Å². The highest BCUT2D eigenvalue weighted by atomic mass is 16.6. The quantitative estimate of drug-likeness (QED) is 0.550. The van der Waals surface area contributed by atoms with Gasteiger partial charge in [0, 0.05) is 0 Å². The van der Waals surface area contributed by atoms with Gasteiger partial charge >= 0.3 is 12.1 Å². The standard InChI is InChI=1S/C16H29NO5/c1-7-9-10-12(17-15(20)22-16(4,5)6)13(11(3)18)14(19)21-8-2/h12-13H,7-10H2,1-6H3,(H,17,20)/t12-,13?/m1/s1. The number of carbonyl (C=O) groups excluding carboxylic acids is 3. The van der Waals surface area contributed by atoms with Crippen LogP contribution in [0.4, 0.5) is 4.79 Å². The average molecular weight is 315 g/mol. The number of nitrogens with one attached hydrogen (secondary N) is 1. The summed E-state index contributed by atoms with van der Waals surface area (Å²) in [6.45, 7) is 10.5. The molecule has 0 spiro atoms. The minimum absolute atomic E-state index is 0.190. The molecule has 0 rings (SSSR count). The lowest BCUT2D eigenvalue weighted by molar-refractivity contribution is -0.152. The summed E-state index contributed by atoms with van der Waals surface area (Å²) in [6, 6.07) is -0.619. The molecule has 0 bridgehead atoms. The molecule has 1 N–H and O–H groups in total. The third kappa shape index (κ3) is 8.00. The van der Waals surface area contributed by atoms with Crippen LogP contribution in [0.2, 0.25) is 0 Å². The molecule has 0 aliphatic heterocycles. The molecule has 0 aromatic rings. The number of Topliss-reactive ketones (excluding diaryl/α,β-unsaturated/α-hetero) is 1. The van der Waals surface area contributed by atoms with Crippen LogP contribution in [-0.2, 0) is 19.1 Å². The number of unbranched alkanes of at least 4 members (excludes halogenated alkanes) is 1. The fraction of sp³-hybridized carbons (Fsp3) is 0.812. The highest BCUT2D eigenvalue weighted by molar-refractivity contribution is 5.99. The number of carbonyl (C=O) groups is 3. The van der Waals surface area contributed by atoms with Crippen molar-refractivity contribution in [3.63, 3.8) is 0 Å². The molecular formula is C16H29NO5. The van der Waals surface area contributed by atoms with Crippen molar-refractivity contribution in [1.82, 2.24) is 5.32 Å². The Morgan fingerprint density at radius 2 is 1.73 bits per heavy atom. The summed E-state index contributed by atoms with van der Waals surface area (Å²) in [7, 11) is 0. The van der Waals surface area contributed by atoms with Gasteiger partial charge in [-0.25, -0.2) is 4.79 Å². The van der Waals surface area contributed by atoms with Crippen LogP contribution in [0.3, 0.4) is 0 Å². The first kappa shape index (κ1) is 20.4. The number of ether oxygens (including phenoxy) is 2. The fourth-order valence-corrected chi connectivity index (χ4v) is 2.05. The number of rotatable bonds is 8. The van der Waals surface area contributed by atoms with Gasteiger partial charge in [-0.15, -0.1) is 0 Å². The SMILES string of the molecule is CCCC[C@@H](NC(=O)OC(C)(C)C)C(C(C)=O)C(=O)OCC. The summed E-state index contributed by atoms with van der Waals surface area (Å²) in [4.78, 5) is 35.8. The molecule has 2 atom stereocenters. The van der Waals surface area contributed by atoms with E-state index in [1.165, 1.54) is 6.92 Å². The maximum Gasteiger partial charge on any atom is 0.407 e. The third-order valence-corrected chi connectivity index (χ3v) is 2.95. The molecule has 6 heteroatoms. The number of ketones is 1. The van der Waals surface area contributed by atoms with Crippen molar-refractivity contribution in [2.24, 2.45) is 5.92 Å². The summed E-state index contributed by atoms with van der Waals surface area (Å²) in [6.07, 6.45) is 1.55. The summed E-state index contributed by atoms with van der Waals surface area (Å²) >= 11 is 0. The Hall–Kier alpha value is -1.59. The number of amides is 1. The molecule has 22 heavy (non-hydrogen) atoms. The van der Waals surface area contributed by atoms with E-state index in [-0.39, 0.29) is 12.4 Å². The number of hydrogen-bond acceptors (Lipinski definition) is 5. The first-order valence-electron chi connectivity index (χ1n) is 7.79. The zero-order valence-corrected chi connectivity index (χ0v) is 14.5. The van der Waals surface area contributed by atoms with Gasteiger partial charge in [-0.05, 0) is 41.0 Å². The van der Waals surface area contributed by atoms with Crippen LogP contribution in [0, 0.1) is 5.92 Å². The number of alkyl carbamates (subject to hydrolysis) is 1. The van der Waals surface area contributed by atoms with Crippen molar-refractivity contribution in [1.29, 1.82) is 0 Å². The van der Waals surface area contributed by atoms with E-state index in [0.29, 0.717) is 6.42 Å². The second kappa shape index (κ2) is 9.43. The van der Waals surface area contributed by atoms with E-state index in [1.54, 1.807) is 27.7 Å². The van der Waals surface area contributed by atoms with Crippen LogP contribution in [0.5, 0.6) is 0 Å². The second-order valence-corrected chi connectivity index (χ2v) is 6.24. The van der Waals surface area contributed by atoms with Crippen LogP contribution < -0.4 is 5.32 Å². The van der Waals surface area contributed by atoms with Crippen LogP contribution >= 0.6 is 0 Å². The molecule has 0 radical (unpaired) electrons. The summed E-state index contributed by atoms with van der Waals surface area (Å²) in [5.41, 5.74) is -0.644. The highest BCUT2D eigenvalue weighted by Crippen LogP contribution is 2.16. The number of esters is 1. The van der Waals surface area contributed by atoms with Crippen molar-refractivity contribution >= 4 is 17.8 Å². The Balaban J connectivity index is 5.08. The molecule has 0 saturated carbocycles. The highest BCUT2D eigenvalue weighted by Gasteiger charge is 2.35. The van der Waals surface area contributed by atoms with Gasteiger partial charge in [0.15, 0.2) is 0 Å². The fourth-order valence-electron chi connectivity index (χ4n) is 2.05. The van der Waals surface area contributed by atoms with E-state index in [0.717, 1.165) is 12.8 Å². The predicted octanol–water partition coefficient (Wildman–Crippen LogP) is 2.84. The van der Waals surface area contributed by atoms with Crippen molar-refractivity contribution in [3.8, 4) is 0 Å². The van der Waals surface area contributed by atoms with E-state index in [4.69, 9.17) is 9.47 Å². The largest absolute Gasteiger partial charge is 0.465 e. The lowest BCUT2D eigenvalue weighted by Gasteiger charge is -2.27. The van der Waals surface area contributed by atoms with Crippen molar-refractivity contribution in [2.75, 3.05) is 6.61 Å². The molecule has 0 aliphatic rings. The Bertz CT molecular complexity index is 386. The molecule has 128 valence electrons. The Morgan fingerprint density at radius 1 is 1.14 bits per heavy atom. The molecule has 1 amide bonds. The smallest absolute Gasteiger partial charge is 0.407 e. The molecular weight excluding hydrogens is 286 g/mol. The topological polar surface area (TPSA) is 81.7 Å². The van der Waals surface area contributed by atoms with Crippen molar-refractivity contribution in [2.45, 2.75) is 72.4 Å². The maximum atomic E-state index is 12.0. The Kier molecular flexibility index (Phi) is 8.75. The van der Waals surface area contributed by atoms with Gasteiger partial charge in [0.1, 0.15) is 17.3 Å². The van der Waals surface area contributed by atoms with Crippen molar-refractivity contribution < 1.29 is 23.9 Å². The summed E-state index contributed by atoms with van der Waals surface area (Å²) in [5.74, 6) is -1.93. The van der Waals surface area contributed by atoms with Gasteiger partial charge < -0.3 is 14.8 Å². The Labute approximate surface area is 132 Å². The second-order valence-electron chi connectivity index (χ2n) is 6.24. The van der Waals surface area contributed by atoms with Gasteiger partial charge in [0.2, 0.25) is 0 Å². The first-order chi connectivity index (χ1) is 10.1. The first-order valence-corrected chi connectivity index (χ1v) is 7.79. The van der Waals surface area contributed by atoms with Crippen LogP contribution in [0.1, 0.15) is 60.8 Å². The molecule has 6 nitrogen and oxygen atoms in total. The molecule has 0 fully saturated rings. The number of hydrogen-bond donors (Lipinski definition) is 1. The minimum Gasteiger partial charge on any atom is -0.465 e. The molecule has 0 aromatic heterocycles. The molecule has 1 unspecified atom stereocenters. The molecule has 0 saturated heterocycles. The van der Waals surface area contributed by atoms with Gasteiger partial charge in [-0.1, -0.05) is 19.8 Å². The van der Waals surface area contributed by atoms with Crippen LogP contribution in [0.15, 0.2) is 0 Å². The third-order valence-electron chi connectivity index (χ3n) is 2.95. The van der Waals surface area contributed by atoms with E-state index in [1.807, 2.05) is 6.92 Å². The monoisotopic (exact) mass is 315 g/mol. The lowest BCUT2D eigenvalue weighted by Crippen LogP contribution is -2.48. The minimum atomic E-state index is -1.00. The average Bonchev–Trinajstić information content (AvgIpc) is 2.33. The van der Waals surface area contributed by atoms with Crippen LogP contribution in [0.25, 0.3) is 0 Å². The normalized spacial score (nSPS) is 13.9. The van der Waals surface area contributed by atoms with E-state index < -0.39 is 29.6 Å². The van der Waals surface area contributed by atoms with Gasteiger partial charge in [0.25, 0.3) is 0 Å². The zero-order valence-electron chi connectivity index (χ0n) is 14.5.